The van der Waals surface area contributed by atoms with Gasteiger partial charge in [0, 0.05) is 13.2 Å². The van der Waals surface area contributed by atoms with Gasteiger partial charge in [0.2, 0.25) is 0 Å². The highest BCUT2D eigenvalue weighted by atomic mass is 28.4. The molecule has 0 amide bonds. The third-order valence-electron chi connectivity index (χ3n) is 2.78. The lowest BCUT2D eigenvalue weighted by molar-refractivity contribution is -0.154. The lowest BCUT2D eigenvalue weighted by atomic mass is 10.2. The summed E-state index contributed by atoms with van der Waals surface area (Å²) in [5, 5.41) is 0. The minimum Gasteiger partial charge on any atom is -0.405 e. The standard InChI is InChI=1S/C16H24O3Si/c1-4-5-14-19-20(2,3)15-10-6-8-12-17-16-11-7-9-13-18-16/h4,16H,1,5,7,9,11-14H2,2-3H3. The van der Waals surface area contributed by atoms with Crippen LogP contribution >= 0.6 is 0 Å². The van der Waals surface area contributed by atoms with Gasteiger partial charge in [-0.2, -0.15) is 0 Å². The van der Waals surface area contributed by atoms with E-state index >= 15 is 0 Å². The molecule has 1 fully saturated rings. The average Bonchev–Trinajstić information content (AvgIpc) is 2.44. The Labute approximate surface area is 123 Å². The molecule has 0 bridgehead atoms. The van der Waals surface area contributed by atoms with Gasteiger partial charge in [-0.25, -0.2) is 0 Å². The second-order valence-corrected chi connectivity index (χ2v) is 8.65. The molecule has 20 heavy (non-hydrogen) atoms. The number of ether oxygens (including phenoxy) is 2. The van der Waals surface area contributed by atoms with Gasteiger partial charge < -0.3 is 13.9 Å². The maximum absolute atomic E-state index is 5.75. The third-order valence-corrected chi connectivity index (χ3v) is 4.43. The van der Waals surface area contributed by atoms with Crippen LogP contribution in [0, 0.1) is 23.3 Å². The lowest BCUT2D eigenvalue weighted by Crippen LogP contribution is -2.29. The van der Waals surface area contributed by atoms with E-state index in [9.17, 15) is 0 Å². The minimum absolute atomic E-state index is 0.0842. The van der Waals surface area contributed by atoms with Crippen LogP contribution < -0.4 is 0 Å². The normalized spacial score (nSPS) is 18.4. The van der Waals surface area contributed by atoms with E-state index in [4.69, 9.17) is 13.9 Å². The smallest absolute Gasteiger partial charge is 0.267 e. The van der Waals surface area contributed by atoms with Crippen LogP contribution in [0.4, 0.5) is 0 Å². The van der Waals surface area contributed by atoms with Crippen molar-refractivity contribution >= 4 is 8.32 Å². The van der Waals surface area contributed by atoms with Crippen molar-refractivity contribution in [3.8, 4) is 23.3 Å². The van der Waals surface area contributed by atoms with Gasteiger partial charge in [0.1, 0.15) is 6.61 Å². The first kappa shape index (κ1) is 17.0. The Morgan fingerprint density at radius 3 is 2.90 bits per heavy atom. The summed E-state index contributed by atoms with van der Waals surface area (Å²) in [6.07, 6.45) is 5.88. The highest BCUT2D eigenvalue weighted by molar-refractivity contribution is 6.79. The van der Waals surface area contributed by atoms with Gasteiger partial charge in [-0.15, -0.1) is 6.58 Å². The molecule has 1 aliphatic heterocycles. The molecule has 110 valence electrons. The van der Waals surface area contributed by atoms with Crippen LogP contribution in [0.2, 0.25) is 13.1 Å². The minimum atomic E-state index is -1.91. The molecule has 3 nitrogen and oxygen atoms in total. The zero-order valence-corrected chi connectivity index (χ0v) is 13.5. The van der Waals surface area contributed by atoms with Crippen LogP contribution in [0.5, 0.6) is 0 Å². The Kier molecular flexibility index (Phi) is 8.33. The summed E-state index contributed by atoms with van der Waals surface area (Å²) < 4.78 is 16.7. The molecule has 0 N–H and O–H groups in total. The molecule has 1 heterocycles. The van der Waals surface area contributed by atoms with Crippen molar-refractivity contribution in [2.45, 2.75) is 45.1 Å². The van der Waals surface area contributed by atoms with Gasteiger partial charge in [-0.05, 0) is 50.6 Å². The van der Waals surface area contributed by atoms with E-state index in [0.29, 0.717) is 13.2 Å². The van der Waals surface area contributed by atoms with Crippen LogP contribution in [0.3, 0.4) is 0 Å². The van der Waals surface area contributed by atoms with Crippen LogP contribution in [-0.4, -0.2) is 34.4 Å². The third kappa shape index (κ3) is 8.19. The van der Waals surface area contributed by atoms with Crippen molar-refractivity contribution in [2.24, 2.45) is 0 Å². The molecule has 0 spiro atoms. The van der Waals surface area contributed by atoms with Crippen LogP contribution in [0.1, 0.15) is 25.7 Å². The SMILES string of the molecule is C=CCCO[Si](C)(C)C#CC#CCOC1CCCCO1. The first-order valence-corrected chi connectivity index (χ1v) is 10.0. The first-order chi connectivity index (χ1) is 9.64. The van der Waals surface area contributed by atoms with Gasteiger partial charge in [0.05, 0.1) is 0 Å². The maximum atomic E-state index is 5.75. The van der Waals surface area contributed by atoms with Crippen molar-refractivity contribution < 1.29 is 13.9 Å². The van der Waals surface area contributed by atoms with E-state index in [2.05, 4.69) is 43.0 Å². The van der Waals surface area contributed by atoms with E-state index in [1.54, 1.807) is 0 Å². The predicted octanol–water partition coefficient (Wildman–Crippen LogP) is 2.87. The summed E-state index contributed by atoms with van der Waals surface area (Å²) in [4.78, 5) is 0. The molecule has 0 aromatic rings. The second-order valence-electron chi connectivity index (χ2n) is 5.10. The quantitative estimate of drug-likeness (QED) is 0.326. The molecule has 1 rings (SSSR count). The number of rotatable bonds is 6. The molecule has 1 saturated heterocycles. The zero-order valence-electron chi connectivity index (χ0n) is 12.5. The first-order valence-electron chi connectivity index (χ1n) is 7.12. The van der Waals surface area contributed by atoms with E-state index in [-0.39, 0.29) is 6.29 Å². The monoisotopic (exact) mass is 292 g/mol. The van der Waals surface area contributed by atoms with Gasteiger partial charge in [-0.1, -0.05) is 17.5 Å². The molecule has 1 aliphatic rings. The van der Waals surface area contributed by atoms with Crippen LogP contribution in [0.25, 0.3) is 0 Å². The molecule has 4 heteroatoms. The van der Waals surface area contributed by atoms with Crippen LogP contribution in [0.15, 0.2) is 12.7 Å². The molecular weight excluding hydrogens is 268 g/mol. The molecule has 1 unspecified atom stereocenters. The summed E-state index contributed by atoms with van der Waals surface area (Å²) in [6, 6.07) is 0. The Morgan fingerprint density at radius 1 is 1.35 bits per heavy atom. The predicted molar refractivity (Wildman–Crippen MR) is 83.3 cm³/mol. The molecule has 0 saturated carbocycles. The van der Waals surface area contributed by atoms with E-state index in [0.717, 1.165) is 25.9 Å². The highest BCUT2D eigenvalue weighted by Gasteiger charge is 2.18. The van der Waals surface area contributed by atoms with Crippen LogP contribution in [-0.2, 0) is 13.9 Å². The lowest BCUT2D eigenvalue weighted by Gasteiger charge is -2.21. The van der Waals surface area contributed by atoms with Gasteiger partial charge in [0.15, 0.2) is 6.29 Å². The van der Waals surface area contributed by atoms with E-state index in [1.165, 1.54) is 6.42 Å². The number of hydrogen-bond donors (Lipinski definition) is 0. The number of hydrogen-bond acceptors (Lipinski definition) is 3. The fourth-order valence-corrected chi connectivity index (χ4v) is 2.74. The molecule has 0 radical (unpaired) electrons. The maximum Gasteiger partial charge on any atom is 0.267 e. The van der Waals surface area contributed by atoms with Crippen molar-refractivity contribution in [1.82, 2.24) is 0 Å². The Hall–Kier alpha value is -1.04. The summed E-state index contributed by atoms with van der Waals surface area (Å²) in [6.45, 7) is 9.65. The summed E-state index contributed by atoms with van der Waals surface area (Å²) in [7, 11) is -1.91. The zero-order chi connectivity index (χ0) is 14.7. The molecule has 0 aliphatic carbocycles. The average molecular weight is 292 g/mol. The molecule has 0 aromatic carbocycles. The van der Waals surface area contributed by atoms with E-state index in [1.807, 2.05) is 6.08 Å². The topological polar surface area (TPSA) is 27.7 Å². The molecule has 1 atom stereocenters. The van der Waals surface area contributed by atoms with Gasteiger partial charge in [0.25, 0.3) is 8.32 Å². The second kappa shape index (κ2) is 9.80. The summed E-state index contributed by atoms with van der Waals surface area (Å²) in [5.41, 5.74) is 3.13. The van der Waals surface area contributed by atoms with Gasteiger partial charge in [-0.3, -0.25) is 0 Å². The van der Waals surface area contributed by atoms with E-state index < -0.39 is 8.32 Å². The van der Waals surface area contributed by atoms with Gasteiger partial charge >= 0.3 is 0 Å². The fraction of sp³-hybridized carbons (Fsp3) is 0.625. The Bertz CT molecular complexity index is 403. The van der Waals surface area contributed by atoms with Crippen molar-refractivity contribution in [2.75, 3.05) is 19.8 Å². The Morgan fingerprint density at radius 2 is 2.20 bits per heavy atom. The fourth-order valence-electron chi connectivity index (χ4n) is 1.67. The highest BCUT2D eigenvalue weighted by Crippen LogP contribution is 2.12. The Balaban J connectivity index is 2.23. The molecular formula is C16H24O3Si. The summed E-state index contributed by atoms with van der Waals surface area (Å²) >= 11 is 0. The van der Waals surface area contributed by atoms with Crippen molar-refractivity contribution in [1.29, 1.82) is 0 Å². The van der Waals surface area contributed by atoms with Crippen molar-refractivity contribution in [3.05, 3.63) is 12.7 Å². The molecule has 0 aromatic heterocycles. The van der Waals surface area contributed by atoms with Crippen molar-refractivity contribution in [3.63, 3.8) is 0 Å². The largest absolute Gasteiger partial charge is 0.405 e. The summed E-state index contributed by atoms with van der Waals surface area (Å²) in [5.74, 6) is 8.58.